The number of hydrogen-bond donors (Lipinski definition) is 0. The van der Waals surface area contributed by atoms with Crippen molar-refractivity contribution < 1.29 is 9.53 Å². The molecule has 0 unspecified atom stereocenters. The highest BCUT2D eigenvalue weighted by Crippen LogP contribution is 2.36. The third-order valence-electron chi connectivity index (χ3n) is 2.72. The molecular weight excluding hydrogens is 359 g/mol. The number of ether oxygens (including phenoxy) is 1. The van der Waals surface area contributed by atoms with Gasteiger partial charge in [0.15, 0.2) is 0 Å². The highest BCUT2D eigenvalue weighted by molar-refractivity contribution is 14.1. The van der Waals surface area contributed by atoms with Crippen molar-refractivity contribution in [1.29, 1.82) is 0 Å². The van der Waals surface area contributed by atoms with Gasteiger partial charge in [-0.15, -0.1) is 0 Å². The van der Waals surface area contributed by atoms with Gasteiger partial charge in [0.05, 0.1) is 5.56 Å². The zero-order valence-corrected chi connectivity index (χ0v) is 13.6. The lowest BCUT2D eigenvalue weighted by Crippen LogP contribution is -2.11. The lowest BCUT2D eigenvalue weighted by molar-refractivity contribution is 0.0714. The second-order valence-corrected chi connectivity index (χ2v) is 7.01. The van der Waals surface area contributed by atoms with E-state index in [1.807, 2.05) is 18.2 Å². The van der Waals surface area contributed by atoms with Gasteiger partial charge in [0.2, 0.25) is 0 Å². The van der Waals surface area contributed by atoms with Crippen molar-refractivity contribution in [3.63, 3.8) is 0 Å². The normalized spacial score (nSPS) is 16.9. The Hall–Kier alpha value is -0.490. The molecule has 1 aliphatic rings. The number of halogens is 1. The minimum Gasteiger partial charge on any atom is -0.423 e. The quantitative estimate of drug-likeness (QED) is 0.586. The summed E-state index contributed by atoms with van der Waals surface area (Å²) in [6.07, 6.45) is 4.15. The van der Waals surface area contributed by atoms with Crippen molar-refractivity contribution in [2.75, 3.05) is 12.0 Å². The molecule has 0 atom stereocenters. The molecule has 0 saturated heterocycles. The maximum Gasteiger partial charge on any atom is 0.344 e. The summed E-state index contributed by atoms with van der Waals surface area (Å²) in [5.41, 5.74) is 1.63. The lowest BCUT2D eigenvalue weighted by atomic mass is 9.93. The smallest absolute Gasteiger partial charge is 0.344 e. The molecule has 0 saturated carbocycles. The highest BCUT2D eigenvalue weighted by Gasteiger charge is 2.30. The first kappa shape index (κ1) is 13.9. The molecule has 0 N–H and O–H groups in total. The van der Waals surface area contributed by atoms with Crippen LogP contribution in [0.3, 0.4) is 0 Å². The number of hydrogen-bond acceptors (Lipinski definition) is 3. The fourth-order valence-electron chi connectivity index (χ4n) is 2.02. The van der Waals surface area contributed by atoms with Crippen LogP contribution in [0.4, 0.5) is 0 Å². The monoisotopic (exact) mass is 374 g/mol. The van der Waals surface area contributed by atoms with Crippen LogP contribution < -0.4 is 0 Å². The summed E-state index contributed by atoms with van der Waals surface area (Å²) < 4.78 is 6.46. The number of benzene rings is 1. The SMILES string of the molecule is CSCC(C)(C)C=C1OC(=O)c2cccc(I)c21. The Morgan fingerprint density at radius 2 is 2.17 bits per heavy atom. The topological polar surface area (TPSA) is 26.3 Å². The summed E-state index contributed by atoms with van der Waals surface area (Å²) in [4.78, 5) is 11.8. The van der Waals surface area contributed by atoms with Gasteiger partial charge in [0, 0.05) is 14.9 Å². The van der Waals surface area contributed by atoms with E-state index in [0.717, 1.165) is 14.9 Å². The van der Waals surface area contributed by atoms with Crippen molar-refractivity contribution in [3.8, 4) is 0 Å². The summed E-state index contributed by atoms with van der Waals surface area (Å²) in [5, 5.41) is 0. The number of carbonyl (C=O) groups is 1. The van der Waals surface area contributed by atoms with Crippen LogP contribution in [0.15, 0.2) is 24.3 Å². The van der Waals surface area contributed by atoms with Gasteiger partial charge in [0.1, 0.15) is 5.76 Å². The number of fused-ring (bicyclic) bond motifs is 1. The van der Waals surface area contributed by atoms with E-state index in [9.17, 15) is 4.79 Å². The van der Waals surface area contributed by atoms with Crippen LogP contribution in [0.25, 0.3) is 5.76 Å². The fraction of sp³-hybridized carbons (Fsp3) is 0.357. The van der Waals surface area contributed by atoms with E-state index in [4.69, 9.17) is 4.74 Å². The maximum atomic E-state index is 11.8. The van der Waals surface area contributed by atoms with Gasteiger partial charge < -0.3 is 4.74 Å². The minimum atomic E-state index is -0.241. The molecule has 1 aromatic carbocycles. The zero-order chi connectivity index (χ0) is 13.3. The van der Waals surface area contributed by atoms with Crippen molar-refractivity contribution in [3.05, 3.63) is 39.0 Å². The Bertz CT molecular complexity index is 521. The Labute approximate surface area is 125 Å². The standard InChI is InChI=1S/C14H15IO2S/c1-14(2,8-18-3)7-11-12-9(13(16)17-11)5-4-6-10(12)15/h4-7H,8H2,1-3H3. The van der Waals surface area contributed by atoms with Crippen molar-refractivity contribution >= 4 is 46.1 Å². The number of allylic oxidation sites excluding steroid dienone is 1. The van der Waals surface area contributed by atoms with E-state index in [-0.39, 0.29) is 11.4 Å². The number of thioether (sulfide) groups is 1. The van der Waals surface area contributed by atoms with E-state index in [2.05, 4.69) is 48.8 Å². The molecule has 1 aliphatic heterocycles. The molecule has 18 heavy (non-hydrogen) atoms. The van der Waals surface area contributed by atoms with E-state index in [0.29, 0.717) is 11.3 Å². The Kier molecular flexibility index (Phi) is 4.06. The van der Waals surface area contributed by atoms with E-state index < -0.39 is 0 Å². The summed E-state index contributed by atoms with van der Waals surface area (Å²) >= 11 is 4.04. The molecule has 1 aromatic rings. The van der Waals surface area contributed by atoms with Gasteiger partial charge in [-0.05, 0) is 52.5 Å². The molecule has 0 aromatic heterocycles. The molecule has 0 amide bonds. The first-order valence-corrected chi connectivity index (χ1v) is 8.15. The number of cyclic esters (lactones) is 1. The number of carbonyl (C=O) groups excluding carboxylic acids is 1. The Morgan fingerprint density at radius 1 is 1.44 bits per heavy atom. The van der Waals surface area contributed by atoms with Gasteiger partial charge in [-0.2, -0.15) is 11.8 Å². The molecule has 2 nitrogen and oxygen atoms in total. The molecule has 96 valence electrons. The Morgan fingerprint density at radius 3 is 2.83 bits per heavy atom. The second kappa shape index (κ2) is 5.25. The van der Waals surface area contributed by atoms with Crippen molar-refractivity contribution in [1.82, 2.24) is 0 Å². The van der Waals surface area contributed by atoms with Gasteiger partial charge in [0.25, 0.3) is 0 Å². The highest BCUT2D eigenvalue weighted by atomic mass is 127. The molecule has 0 spiro atoms. The largest absolute Gasteiger partial charge is 0.423 e. The lowest BCUT2D eigenvalue weighted by Gasteiger charge is -2.19. The summed E-state index contributed by atoms with van der Waals surface area (Å²) in [5.74, 6) is 1.46. The van der Waals surface area contributed by atoms with Gasteiger partial charge in [-0.25, -0.2) is 4.79 Å². The summed E-state index contributed by atoms with van der Waals surface area (Å²) in [6, 6.07) is 5.71. The first-order chi connectivity index (χ1) is 8.44. The van der Waals surface area contributed by atoms with Crippen LogP contribution >= 0.6 is 34.4 Å². The van der Waals surface area contributed by atoms with Crippen LogP contribution in [-0.4, -0.2) is 18.0 Å². The van der Waals surface area contributed by atoms with E-state index in [1.54, 1.807) is 11.8 Å². The molecule has 0 bridgehead atoms. The van der Waals surface area contributed by atoms with E-state index >= 15 is 0 Å². The number of rotatable bonds is 3. The minimum absolute atomic E-state index is 0.00949. The number of esters is 1. The predicted octanol–water partition coefficient (Wildman–Crippen LogP) is 4.19. The third-order valence-corrected chi connectivity index (χ3v) is 4.65. The molecule has 0 fully saturated rings. The average molecular weight is 374 g/mol. The molecule has 4 heteroatoms. The molecule has 2 rings (SSSR count). The zero-order valence-electron chi connectivity index (χ0n) is 10.6. The molecule has 1 heterocycles. The maximum absolute atomic E-state index is 11.8. The molecule has 0 radical (unpaired) electrons. The van der Waals surface area contributed by atoms with Crippen LogP contribution in [-0.2, 0) is 4.74 Å². The summed E-state index contributed by atoms with van der Waals surface area (Å²) in [6.45, 7) is 4.30. The first-order valence-electron chi connectivity index (χ1n) is 5.67. The fourth-order valence-corrected chi connectivity index (χ4v) is 3.61. The van der Waals surface area contributed by atoms with Crippen LogP contribution in [0.1, 0.15) is 29.8 Å². The van der Waals surface area contributed by atoms with Crippen LogP contribution in [0.2, 0.25) is 0 Å². The van der Waals surface area contributed by atoms with Crippen molar-refractivity contribution in [2.24, 2.45) is 5.41 Å². The van der Waals surface area contributed by atoms with E-state index in [1.165, 1.54) is 0 Å². The average Bonchev–Trinajstić information content (AvgIpc) is 2.56. The van der Waals surface area contributed by atoms with Crippen LogP contribution in [0, 0.1) is 8.99 Å². The molecular formula is C14H15IO2S. The second-order valence-electron chi connectivity index (χ2n) is 4.98. The van der Waals surface area contributed by atoms with Gasteiger partial charge in [-0.3, -0.25) is 0 Å². The van der Waals surface area contributed by atoms with Gasteiger partial charge >= 0.3 is 5.97 Å². The van der Waals surface area contributed by atoms with Crippen LogP contribution in [0.5, 0.6) is 0 Å². The summed E-state index contributed by atoms with van der Waals surface area (Å²) in [7, 11) is 0. The predicted molar refractivity (Wildman–Crippen MR) is 84.7 cm³/mol. The van der Waals surface area contributed by atoms with Gasteiger partial charge in [-0.1, -0.05) is 19.9 Å². The third kappa shape index (κ3) is 2.74. The Balaban J connectivity index is 2.46. The molecule has 0 aliphatic carbocycles. The van der Waals surface area contributed by atoms with Crippen molar-refractivity contribution in [2.45, 2.75) is 13.8 Å².